The molecule has 0 saturated heterocycles. The van der Waals surface area contributed by atoms with Gasteiger partial charge in [0.2, 0.25) is 0 Å². The summed E-state index contributed by atoms with van der Waals surface area (Å²) in [7, 11) is 0. The van der Waals surface area contributed by atoms with Crippen LogP contribution in [0.5, 0.6) is 0 Å². The Balaban J connectivity index is 0.932. The minimum Gasteiger partial charge on any atom is -0.456 e. The Kier molecular flexibility index (Phi) is 9.64. The van der Waals surface area contributed by atoms with E-state index in [1.807, 2.05) is 6.07 Å². The summed E-state index contributed by atoms with van der Waals surface area (Å²) in [5.74, 6) is 1.35. The summed E-state index contributed by atoms with van der Waals surface area (Å²) in [6.07, 6.45) is -0.525. The van der Waals surface area contributed by atoms with Crippen molar-refractivity contribution in [3.8, 4) is 28.2 Å². The molecule has 0 fully saturated rings. The lowest BCUT2D eigenvalue weighted by Crippen LogP contribution is -2.33. The van der Waals surface area contributed by atoms with Crippen LogP contribution in [-0.4, -0.2) is 25.4 Å². The summed E-state index contributed by atoms with van der Waals surface area (Å²) in [5, 5.41) is 15.6. The van der Waals surface area contributed by atoms with Gasteiger partial charge in [0.15, 0.2) is 5.84 Å². The van der Waals surface area contributed by atoms with Crippen molar-refractivity contribution in [3.05, 3.63) is 284 Å². The molecule has 1 unspecified atom stereocenters. The SMILES string of the molecule is c1ccc(-n2c3ccccc3c3ccc(C4=NC(c5ccc(-n6c7ccccc7c7cc8ccccc8cc76)cc5-c5cccc6oc7ccccc7c56)=NC(c5ccc6c7ccccc7n(-c7ccccc7)c6c5)N4)cc32)cc1. The van der Waals surface area contributed by atoms with Gasteiger partial charge in [-0.3, -0.25) is 0 Å². The highest BCUT2D eigenvalue weighted by molar-refractivity contribution is 6.21. The predicted molar refractivity (Wildman–Crippen MR) is 332 cm³/mol. The number of nitrogens with one attached hydrogen (secondary N) is 1. The summed E-state index contributed by atoms with van der Waals surface area (Å²) in [5.41, 5.74) is 16.6. The molecule has 4 aromatic heterocycles. The number of rotatable bonds is 7. The summed E-state index contributed by atoms with van der Waals surface area (Å²) in [4.78, 5) is 11.4. The van der Waals surface area contributed by atoms with Crippen molar-refractivity contribution in [2.45, 2.75) is 6.17 Å². The summed E-state index contributed by atoms with van der Waals surface area (Å²) >= 11 is 0. The molecule has 0 saturated carbocycles. The quantitative estimate of drug-likeness (QED) is 0.173. The van der Waals surface area contributed by atoms with Crippen LogP contribution in [-0.2, 0) is 0 Å². The Bertz CT molecular complexity index is 5290. The van der Waals surface area contributed by atoms with Gasteiger partial charge in [0, 0.05) is 71.3 Å². The first-order chi connectivity index (χ1) is 39.7. The van der Waals surface area contributed by atoms with E-state index < -0.39 is 6.17 Å². The van der Waals surface area contributed by atoms with Gasteiger partial charge in [0.05, 0.1) is 33.1 Å². The van der Waals surface area contributed by atoms with Crippen molar-refractivity contribution >= 4 is 110 Å². The molecular formula is C73H46N6O. The lowest BCUT2D eigenvalue weighted by molar-refractivity contribution is 0.669. The van der Waals surface area contributed by atoms with Crippen LogP contribution in [0.4, 0.5) is 0 Å². The molecule has 1 aliphatic heterocycles. The fourth-order valence-electron chi connectivity index (χ4n) is 12.9. The molecule has 17 rings (SSSR count). The van der Waals surface area contributed by atoms with E-state index in [0.717, 1.165) is 106 Å². The highest BCUT2D eigenvalue weighted by atomic mass is 16.3. The van der Waals surface area contributed by atoms with Crippen LogP contribution in [0.15, 0.2) is 281 Å². The highest BCUT2D eigenvalue weighted by Crippen LogP contribution is 2.43. The van der Waals surface area contributed by atoms with Gasteiger partial charge in [-0.1, -0.05) is 170 Å². The first kappa shape index (κ1) is 44.4. The van der Waals surface area contributed by atoms with Crippen LogP contribution in [0.3, 0.4) is 0 Å². The third kappa shape index (κ3) is 6.74. The number of para-hydroxylation sites is 6. The van der Waals surface area contributed by atoms with Gasteiger partial charge in [-0.15, -0.1) is 0 Å². The average molecular weight is 1020 g/mol. The predicted octanol–water partition coefficient (Wildman–Crippen LogP) is 18.2. The third-order valence-electron chi connectivity index (χ3n) is 16.5. The maximum absolute atomic E-state index is 6.63. The standard InChI is InChI=1S/C73H46N6O/c1-3-20-49(21-4-1)77-62-29-13-9-24-52(62)55-37-34-47(42-65(55)77)71-74-72(48-35-38-56-53-25-10-14-30-63(53)78(66(56)43-48)50-22-5-2-6-23-50)76-73(75-71)58-39-36-51(44-60(58)57-28-17-33-69-70(57)59-27-12-16-32-68(59)80-69)79-64-31-15-11-26-54(64)61-40-45-18-7-8-19-46(45)41-67(61)79/h1-44,71H,(H,74,75,76). The molecule has 7 heteroatoms. The van der Waals surface area contributed by atoms with Gasteiger partial charge in [-0.25, -0.2) is 9.98 Å². The maximum atomic E-state index is 6.63. The smallest absolute Gasteiger partial charge is 0.160 e. The van der Waals surface area contributed by atoms with Gasteiger partial charge < -0.3 is 23.4 Å². The van der Waals surface area contributed by atoms with Gasteiger partial charge in [0.25, 0.3) is 0 Å². The number of benzene rings is 12. The number of furan rings is 1. The van der Waals surface area contributed by atoms with Crippen molar-refractivity contribution in [1.82, 2.24) is 19.0 Å². The van der Waals surface area contributed by atoms with E-state index in [1.165, 1.54) is 43.1 Å². The monoisotopic (exact) mass is 1020 g/mol. The van der Waals surface area contributed by atoms with Crippen molar-refractivity contribution in [3.63, 3.8) is 0 Å². The zero-order chi connectivity index (χ0) is 52.4. The lowest BCUT2D eigenvalue weighted by Gasteiger charge is -2.25. The van der Waals surface area contributed by atoms with Crippen LogP contribution >= 0.6 is 0 Å². The van der Waals surface area contributed by atoms with Crippen LogP contribution in [0.1, 0.15) is 22.9 Å². The van der Waals surface area contributed by atoms with Crippen molar-refractivity contribution in [2.24, 2.45) is 9.98 Å². The van der Waals surface area contributed by atoms with E-state index >= 15 is 0 Å². The van der Waals surface area contributed by atoms with E-state index in [4.69, 9.17) is 14.4 Å². The molecule has 1 aliphatic rings. The average Bonchev–Trinajstić information content (AvgIpc) is 4.38. The molecule has 0 radical (unpaired) electrons. The normalized spacial score (nSPS) is 13.9. The number of aliphatic imine (C=N–C) groups is 2. The minimum absolute atomic E-state index is 0.525. The molecule has 80 heavy (non-hydrogen) atoms. The molecule has 0 bridgehead atoms. The second-order valence-corrected chi connectivity index (χ2v) is 20.9. The first-order valence-corrected chi connectivity index (χ1v) is 27.2. The number of aromatic nitrogens is 3. The zero-order valence-corrected chi connectivity index (χ0v) is 43.1. The molecule has 1 atom stereocenters. The summed E-state index contributed by atoms with van der Waals surface area (Å²) in [6.45, 7) is 0. The third-order valence-corrected chi connectivity index (χ3v) is 16.5. The molecule has 16 aromatic rings. The molecule has 0 aliphatic carbocycles. The number of nitrogens with zero attached hydrogens (tertiary/aromatic N) is 5. The Morgan fingerprint density at radius 2 is 0.875 bits per heavy atom. The fraction of sp³-hybridized carbons (Fsp3) is 0.0137. The molecule has 0 amide bonds. The second kappa shape index (κ2) is 17.4. The Hall–Kier alpha value is -10.8. The fourth-order valence-corrected chi connectivity index (χ4v) is 12.9. The topological polar surface area (TPSA) is 64.7 Å². The van der Waals surface area contributed by atoms with Gasteiger partial charge >= 0.3 is 0 Å². The molecule has 12 aromatic carbocycles. The molecule has 1 N–H and O–H groups in total. The van der Waals surface area contributed by atoms with Crippen LogP contribution < -0.4 is 5.32 Å². The van der Waals surface area contributed by atoms with E-state index in [1.54, 1.807) is 0 Å². The largest absolute Gasteiger partial charge is 0.456 e. The van der Waals surface area contributed by atoms with Crippen LogP contribution in [0.2, 0.25) is 0 Å². The van der Waals surface area contributed by atoms with E-state index in [0.29, 0.717) is 5.84 Å². The van der Waals surface area contributed by atoms with Gasteiger partial charge in [-0.05, 0) is 125 Å². The second-order valence-electron chi connectivity index (χ2n) is 20.9. The molecule has 374 valence electrons. The number of hydrogen-bond acceptors (Lipinski definition) is 4. The van der Waals surface area contributed by atoms with Crippen molar-refractivity contribution < 1.29 is 4.42 Å². The maximum Gasteiger partial charge on any atom is 0.160 e. The van der Waals surface area contributed by atoms with Crippen molar-refractivity contribution in [2.75, 3.05) is 0 Å². The first-order valence-electron chi connectivity index (χ1n) is 27.2. The summed E-state index contributed by atoms with van der Waals surface area (Å²) in [6, 6.07) is 95.8. The van der Waals surface area contributed by atoms with Gasteiger partial charge in [-0.2, -0.15) is 0 Å². The number of amidine groups is 2. The number of fused-ring (bicyclic) bond motifs is 13. The van der Waals surface area contributed by atoms with Crippen LogP contribution in [0.25, 0.3) is 126 Å². The van der Waals surface area contributed by atoms with Gasteiger partial charge in [0.1, 0.15) is 23.2 Å². The Labute approximate surface area is 458 Å². The molecule has 7 nitrogen and oxygen atoms in total. The number of hydrogen-bond donors (Lipinski definition) is 1. The zero-order valence-electron chi connectivity index (χ0n) is 43.1. The molecular weight excluding hydrogens is 977 g/mol. The highest BCUT2D eigenvalue weighted by Gasteiger charge is 2.27. The molecule has 0 spiro atoms. The minimum atomic E-state index is -0.525. The lowest BCUT2D eigenvalue weighted by atomic mass is 9.93. The Morgan fingerprint density at radius 3 is 1.57 bits per heavy atom. The van der Waals surface area contributed by atoms with E-state index in [9.17, 15) is 0 Å². The van der Waals surface area contributed by atoms with Crippen LogP contribution in [0, 0.1) is 0 Å². The Morgan fingerprint density at radius 1 is 0.338 bits per heavy atom. The summed E-state index contributed by atoms with van der Waals surface area (Å²) < 4.78 is 13.8. The molecule has 5 heterocycles. The van der Waals surface area contributed by atoms with E-state index in [2.05, 4.69) is 280 Å². The van der Waals surface area contributed by atoms with Crippen molar-refractivity contribution in [1.29, 1.82) is 0 Å². The van der Waals surface area contributed by atoms with E-state index in [-0.39, 0.29) is 0 Å².